The molecular weight excluding hydrogens is 458 g/mol. The second-order valence-corrected chi connectivity index (χ2v) is 8.08. The van der Waals surface area contributed by atoms with Crippen LogP contribution in [0.5, 0.6) is 5.75 Å². The highest BCUT2D eigenvalue weighted by atomic mass is 32.3. The Labute approximate surface area is 188 Å². The van der Waals surface area contributed by atoms with E-state index < -0.39 is 40.6 Å². The lowest BCUT2D eigenvalue weighted by Crippen LogP contribution is -2.39. The van der Waals surface area contributed by atoms with Crippen LogP contribution in [0.15, 0.2) is 48.5 Å². The summed E-state index contributed by atoms with van der Waals surface area (Å²) in [5, 5.41) is 2.97. The summed E-state index contributed by atoms with van der Waals surface area (Å²) in [6.07, 6.45) is -0.851. The van der Waals surface area contributed by atoms with Gasteiger partial charge in [0.1, 0.15) is 11.8 Å². The Balaban J connectivity index is 1.74. The molecule has 0 saturated carbocycles. The molecule has 13 heteroatoms. The minimum Gasteiger partial charge on any atom is -0.464 e. The maximum absolute atomic E-state index is 12.9. The van der Waals surface area contributed by atoms with Crippen LogP contribution in [0.1, 0.15) is 30.1 Å². The molecule has 1 unspecified atom stereocenters. The van der Waals surface area contributed by atoms with E-state index in [0.717, 1.165) is 4.90 Å². The molecule has 0 aliphatic carbocycles. The molecule has 2 aliphatic heterocycles. The molecule has 0 spiro atoms. The van der Waals surface area contributed by atoms with Crippen molar-refractivity contribution in [1.29, 1.82) is 0 Å². The molecule has 3 amide bonds. The summed E-state index contributed by atoms with van der Waals surface area (Å²) in [5.74, 6) is -0.788. The van der Waals surface area contributed by atoms with Gasteiger partial charge in [0.05, 0.1) is 13.2 Å². The number of rotatable bonds is 6. The highest BCUT2D eigenvalue weighted by Gasteiger charge is 2.53. The number of fused-ring (bicyclic) bond motifs is 4. The number of carbonyl (C=O) groups excluding carboxylic acids is 3. The third-order valence-electron chi connectivity index (χ3n) is 5.03. The van der Waals surface area contributed by atoms with E-state index in [1.54, 1.807) is 37.3 Å². The van der Waals surface area contributed by atoms with E-state index in [1.807, 2.05) is 0 Å². The molecule has 4 rings (SSSR count). The first kappa shape index (κ1) is 22.5. The smallest absolute Gasteiger partial charge is 0.418 e. The van der Waals surface area contributed by atoms with Gasteiger partial charge in [0.25, 0.3) is 0 Å². The Morgan fingerprint density at radius 1 is 1.15 bits per heavy atom. The summed E-state index contributed by atoms with van der Waals surface area (Å²) < 4.78 is 46.9. The lowest BCUT2D eigenvalue weighted by Gasteiger charge is -2.32. The standard InChI is InChI=1S/C20H19N3O9S/c1-2-30-18(24)17-13-9-6-10-15(31-19(25)21-12-7-4-3-5-8-12)16(13)14-11-22(17)20(26)23(14)32-33(27,28)29/h3-10,14,17H,2,11H2,1H3,(H,21,25)(H,27,28,29)/t14-,17?/m1/s1. The quantitative estimate of drug-likeness (QED) is 0.472. The van der Waals surface area contributed by atoms with Gasteiger partial charge in [-0.2, -0.15) is 13.5 Å². The van der Waals surface area contributed by atoms with E-state index in [2.05, 4.69) is 9.60 Å². The maximum atomic E-state index is 12.9. The minimum atomic E-state index is -5.06. The van der Waals surface area contributed by atoms with Crippen molar-refractivity contribution < 1.29 is 41.1 Å². The largest absolute Gasteiger partial charge is 0.464 e. The fourth-order valence-corrected chi connectivity index (χ4v) is 4.23. The van der Waals surface area contributed by atoms with Gasteiger partial charge in [-0.1, -0.05) is 30.3 Å². The second-order valence-electron chi connectivity index (χ2n) is 7.07. The maximum Gasteiger partial charge on any atom is 0.418 e. The molecule has 174 valence electrons. The molecule has 2 heterocycles. The number of nitrogens with one attached hydrogen (secondary N) is 1. The molecule has 33 heavy (non-hydrogen) atoms. The number of ether oxygens (including phenoxy) is 2. The van der Waals surface area contributed by atoms with E-state index in [-0.39, 0.29) is 30.0 Å². The van der Waals surface area contributed by atoms with Crippen LogP contribution in [-0.2, 0) is 24.2 Å². The van der Waals surface area contributed by atoms with Crippen LogP contribution in [0, 0.1) is 0 Å². The number of para-hydroxylation sites is 1. The van der Waals surface area contributed by atoms with Crippen LogP contribution in [0.2, 0.25) is 0 Å². The van der Waals surface area contributed by atoms with E-state index in [0.29, 0.717) is 10.8 Å². The summed E-state index contributed by atoms with van der Waals surface area (Å²) >= 11 is 0. The third-order valence-corrected chi connectivity index (χ3v) is 5.38. The zero-order chi connectivity index (χ0) is 23.8. The van der Waals surface area contributed by atoms with Crippen LogP contribution in [-0.4, -0.2) is 54.2 Å². The monoisotopic (exact) mass is 477 g/mol. The first-order valence-corrected chi connectivity index (χ1v) is 11.2. The predicted octanol–water partition coefficient (Wildman–Crippen LogP) is 2.43. The zero-order valence-electron chi connectivity index (χ0n) is 17.2. The van der Waals surface area contributed by atoms with E-state index in [1.165, 1.54) is 18.2 Å². The van der Waals surface area contributed by atoms with Crippen molar-refractivity contribution in [2.45, 2.75) is 19.0 Å². The molecule has 0 aromatic heterocycles. The van der Waals surface area contributed by atoms with Crippen molar-refractivity contribution in [2.24, 2.45) is 0 Å². The molecule has 0 radical (unpaired) electrons. The summed E-state index contributed by atoms with van der Waals surface area (Å²) in [6.45, 7) is 1.46. The van der Waals surface area contributed by atoms with Crippen molar-refractivity contribution in [3.63, 3.8) is 0 Å². The van der Waals surface area contributed by atoms with Crippen LogP contribution >= 0.6 is 0 Å². The molecule has 2 aromatic rings. The first-order chi connectivity index (χ1) is 15.7. The summed E-state index contributed by atoms with van der Waals surface area (Å²) in [6, 6.07) is 9.65. The fraction of sp³-hybridized carbons (Fsp3) is 0.250. The van der Waals surface area contributed by atoms with Crippen molar-refractivity contribution in [3.8, 4) is 5.75 Å². The lowest BCUT2D eigenvalue weighted by molar-refractivity contribution is -0.148. The Morgan fingerprint density at radius 2 is 1.88 bits per heavy atom. The number of amides is 3. The van der Waals surface area contributed by atoms with Crippen LogP contribution in [0.3, 0.4) is 0 Å². The number of nitrogens with zero attached hydrogens (tertiary/aromatic N) is 2. The second kappa shape index (κ2) is 8.69. The number of carbonyl (C=O) groups is 3. The molecule has 2 N–H and O–H groups in total. The Morgan fingerprint density at radius 3 is 2.55 bits per heavy atom. The molecule has 1 fully saturated rings. The van der Waals surface area contributed by atoms with E-state index >= 15 is 0 Å². The van der Waals surface area contributed by atoms with Gasteiger partial charge in [0.2, 0.25) is 0 Å². The number of hydrogen-bond donors (Lipinski definition) is 2. The SMILES string of the molecule is CCOC(=O)C1c2cccc(OC(=O)Nc3ccccc3)c2[C@H]2CN1C(=O)N2OS(=O)(=O)O. The number of hydroxylamine groups is 2. The lowest BCUT2D eigenvalue weighted by atomic mass is 9.90. The van der Waals surface area contributed by atoms with Crippen molar-refractivity contribution in [3.05, 3.63) is 59.7 Å². The normalized spacial score (nSPS) is 19.2. The number of hydrogen-bond acceptors (Lipinski definition) is 8. The van der Waals surface area contributed by atoms with Gasteiger partial charge in [-0.05, 0) is 30.7 Å². The molecule has 2 aromatic carbocycles. The number of benzene rings is 2. The highest BCUT2D eigenvalue weighted by Crippen LogP contribution is 2.48. The minimum absolute atomic E-state index is 0.0292. The van der Waals surface area contributed by atoms with E-state index in [9.17, 15) is 22.8 Å². The van der Waals surface area contributed by atoms with Crippen LogP contribution in [0.4, 0.5) is 15.3 Å². The first-order valence-electron chi connectivity index (χ1n) is 9.79. The van der Waals surface area contributed by atoms with E-state index in [4.69, 9.17) is 14.0 Å². The Bertz CT molecular complexity index is 1200. The average Bonchev–Trinajstić information content (AvgIpc) is 3.00. The van der Waals surface area contributed by atoms with Crippen molar-refractivity contribution in [1.82, 2.24) is 9.96 Å². The van der Waals surface area contributed by atoms with Crippen molar-refractivity contribution in [2.75, 3.05) is 18.5 Å². The number of anilines is 1. The summed E-state index contributed by atoms with van der Waals surface area (Å²) in [5.41, 5.74) is 0.907. The highest BCUT2D eigenvalue weighted by molar-refractivity contribution is 7.80. The van der Waals surface area contributed by atoms with Crippen LogP contribution in [0.25, 0.3) is 0 Å². The van der Waals surface area contributed by atoms with Gasteiger partial charge in [0.15, 0.2) is 6.04 Å². The Kier molecular flexibility index (Phi) is 5.93. The molecule has 12 nitrogen and oxygen atoms in total. The average molecular weight is 477 g/mol. The number of urea groups is 1. The van der Waals surface area contributed by atoms with Gasteiger partial charge in [-0.25, -0.2) is 14.4 Å². The zero-order valence-corrected chi connectivity index (χ0v) is 18.0. The van der Waals surface area contributed by atoms with Crippen LogP contribution < -0.4 is 10.1 Å². The molecule has 2 bridgehead atoms. The molecule has 2 atom stereocenters. The molecular formula is C20H19N3O9S. The number of esters is 1. The summed E-state index contributed by atoms with van der Waals surface area (Å²) in [4.78, 5) is 39.1. The van der Waals surface area contributed by atoms with Gasteiger partial charge in [-0.3, -0.25) is 9.87 Å². The topological polar surface area (TPSA) is 152 Å². The van der Waals surface area contributed by atoms with Crippen molar-refractivity contribution >= 4 is 34.2 Å². The molecule has 2 aliphatic rings. The van der Waals surface area contributed by atoms with Gasteiger partial charge < -0.3 is 14.4 Å². The van der Waals surface area contributed by atoms with Gasteiger partial charge >= 0.3 is 28.5 Å². The predicted molar refractivity (Wildman–Crippen MR) is 111 cm³/mol. The summed E-state index contributed by atoms with van der Waals surface area (Å²) in [7, 11) is -5.06. The third kappa shape index (κ3) is 4.46. The fourth-order valence-electron chi connectivity index (χ4n) is 3.86. The van der Waals surface area contributed by atoms with Gasteiger partial charge in [-0.15, -0.1) is 4.28 Å². The van der Waals surface area contributed by atoms with Gasteiger partial charge in [0, 0.05) is 11.3 Å². The Hall–Kier alpha value is -3.68. The molecule has 1 saturated heterocycles.